The molecule has 0 radical (unpaired) electrons. The first-order valence-corrected chi connectivity index (χ1v) is 9.05. The molecular formula is C24H16N4O. The molecule has 0 aliphatic rings. The van der Waals surface area contributed by atoms with Crippen LogP contribution in [-0.4, -0.2) is 15.9 Å². The summed E-state index contributed by atoms with van der Waals surface area (Å²) in [6.07, 6.45) is 0. The van der Waals surface area contributed by atoms with Crippen molar-refractivity contribution in [1.82, 2.24) is 9.97 Å². The number of hydrogen-bond donors (Lipinski definition) is 1. The normalized spacial score (nSPS) is 10.2. The van der Waals surface area contributed by atoms with Crippen LogP contribution in [0.15, 0.2) is 91.0 Å². The van der Waals surface area contributed by atoms with E-state index in [0.29, 0.717) is 17.1 Å². The van der Waals surface area contributed by atoms with Crippen molar-refractivity contribution in [1.29, 1.82) is 5.26 Å². The van der Waals surface area contributed by atoms with Crippen LogP contribution in [0.5, 0.6) is 0 Å². The van der Waals surface area contributed by atoms with E-state index in [-0.39, 0.29) is 17.3 Å². The maximum Gasteiger partial charge on any atom is 0.256 e. The highest BCUT2D eigenvalue weighted by Gasteiger charge is 2.19. The molecule has 0 aliphatic heterocycles. The van der Waals surface area contributed by atoms with Crippen molar-refractivity contribution in [3.63, 3.8) is 0 Å². The molecule has 138 valence electrons. The summed E-state index contributed by atoms with van der Waals surface area (Å²) in [4.78, 5) is 21.8. The van der Waals surface area contributed by atoms with Crippen molar-refractivity contribution in [3.8, 4) is 28.7 Å². The average Bonchev–Trinajstić information content (AvgIpc) is 2.80. The number of rotatable bonds is 4. The first-order valence-electron chi connectivity index (χ1n) is 9.05. The van der Waals surface area contributed by atoms with Gasteiger partial charge >= 0.3 is 0 Å². The highest BCUT2D eigenvalue weighted by molar-refractivity contribution is 6.04. The second-order valence-corrected chi connectivity index (χ2v) is 6.28. The molecule has 1 N–H and O–H groups in total. The number of anilines is 1. The first-order chi connectivity index (χ1) is 14.3. The van der Waals surface area contributed by atoms with Crippen LogP contribution in [0.4, 0.5) is 5.82 Å². The van der Waals surface area contributed by atoms with Gasteiger partial charge in [-0.25, -0.2) is 9.97 Å². The molecule has 5 nitrogen and oxygen atoms in total. The minimum atomic E-state index is -0.334. The van der Waals surface area contributed by atoms with E-state index in [2.05, 4.69) is 21.4 Å². The van der Waals surface area contributed by atoms with Gasteiger partial charge in [0.2, 0.25) is 0 Å². The van der Waals surface area contributed by atoms with Crippen LogP contribution in [-0.2, 0) is 0 Å². The lowest BCUT2D eigenvalue weighted by molar-refractivity contribution is 0.102. The van der Waals surface area contributed by atoms with E-state index in [1.165, 1.54) is 0 Å². The molecule has 0 atom stereocenters. The lowest BCUT2D eigenvalue weighted by Gasteiger charge is -2.12. The third-order valence-electron chi connectivity index (χ3n) is 4.37. The standard InChI is InChI=1S/C24H16N4O/c25-16-20-21(17-10-4-1-5-11-17)26-22(18-12-6-2-7-13-18)27-23(20)28-24(29)19-14-8-3-9-15-19/h1-15H,(H,26,27,28,29). The second kappa shape index (κ2) is 8.15. The molecule has 4 rings (SSSR count). The molecule has 0 bridgehead atoms. The van der Waals surface area contributed by atoms with E-state index in [1.807, 2.05) is 66.7 Å². The fraction of sp³-hybridized carbons (Fsp3) is 0. The van der Waals surface area contributed by atoms with Crippen LogP contribution in [0.3, 0.4) is 0 Å². The molecule has 1 aromatic heterocycles. The Bertz CT molecular complexity index is 1180. The lowest BCUT2D eigenvalue weighted by atomic mass is 10.1. The Hall–Kier alpha value is -4.30. The summed E-state index contributed by atoms with van der Waals surface area (Å²) in [6.45, 7) is 0. The number of nitrogens with one attached hydrogen (secondary N) is 1. The van der Waals surface area contributed by atoms with Crippen molar-refractivity contribution in [2.24, 2.45) is 0 Å². The first kappa shape index (κ1) is 18.1. The van der Waals surface area contributed by atoms with Crippen LogP contribution in [0, 0.1) is 11.3 Å². The van der Waals surface area contributed by atoms with Gasteiger partial charge < -0.3 is 5.32 Å². The summed E-state index contributed by atoms with van der Waals surface area (Å²) in [5.41, 5.74) is 2.76. The second-order valence-electron chi connectivity index (χ2n) is 6.28. The van der Waals surface area contributed by atoms with Gasteiger partial charge in [0.25, 0.3) is 5.91 Å². The molecule has 0 unspecified atom stereocenters. The van der Waals surface area contributed by atoms with E-state index in [4.69, 9.17) is 0 Å². The summed E-state index contributed by atoms with van der Waals surface area (Å²) in [5.74, 6) is 0.291. The molecule has 5 heteroatoms. The maximum atomic E-state index is 12.7. The zero-order valence-corrected chi connectivity index (χ0v) is 15.4. The Morgan fingerprint density at radius 1 is 0.759 bits per heavy atom. The summed E-state index contributed by atoms with van der Waals surface area (Å²) in [7, 11) is 0. The third-order valence-corrected chi connectivity index (χ3v) is 4.37. The number of hydrogen-bond acceptors (Lipinski definition) is 4. The lowest BCUT2D eigenvalue weighted by Crippen LogP contribution is -2.15. The number of carbonyl (C=O) groups is 1. The van der Waals surface area contributed by atoms with E-state index < -0.39 is 0 Å². The molecule has 0 saturated heterocycles. The summed E-state index contributed by atoms with van der Waals surface area (Å²) < 4.78 is 0. The zero-order valence-electron chi connectivity index (χ0n) is 15.4. The van der Waals surface area contributed by atoms with Gasteiger partial charge in [-0.3, -0.25) is 4.79 Å². The van der Waals surface area contributed by atoms with E-state index in [9.17, 15) is 10.1 Å². The smallest absolute Gasteiger partial charge is 0.256 e. The molecular weight excluding hydrogens is 360 g/mol. The topological polar surface area (TPSA) is 78.7 Å². The Morgan fingerprint density at radius 2 is 1.31 bits per heavy atom. The van der Waals surface area contributed by atoms with Gasteiger partial charge in [-0.2, -0.15) is 5.26 Å². The predicted molar refractivity (Wildman–Crippen MR) is 112 cm³/mol. The minimum absolute atomic E-state index is 0.189. The molecule has 1 amide bonds. The Kier molecular flexibility index (Phi) is 5.08. The molecule has 1 heterocycles. The van der Waals surface area contributed by atoms with Crippen molar-refractivity contribution in [3.05, 3.63) is 102 Å². The highest BCUT2D eigenvalue weighted by Crippen LogP contribution is 2.29. The van der Waals surface area contributed by atoms with Crippen LogP contribution >= 0.6 is 0 Å². The average molecular weight is 376 g/mol. The largest absolute Gasteiger partial charge is 0.305 e. The van der Waals surface area contributed by atoms with Crippen molar-refractivity contribution in [2.75, 3.05) is 5.32 Å². The van der Waals surface area contributed by atoms with Crippen molar-refractivity contribution >= 4 is 11.7 Å². The van der Waals surface area contributed by atoms with E-state index in [1.54, 1.807) is 24.3 Å². The van der Waals surface area contributed by atoms with Crippen molar-refractivity contribution in [2.45, 2.75) is 0 Å². The van der Waals surface area contributed by atoms with Crippen LogP contribution in [0.1, 0.15) is 15.9 Å². The molecule has 0 aliphatic carbocycles. The van der Waals surface area contributed by atoms with Crippen molar-refractivity contribution < 1.29 is 4.79 Å². The van der Waals surface area contributed by atoms with Crippen LogP contribution < -0.4 is 5.32 Å². The minimum Gasteiger partial charge on any atom is -0.305 e. The molecule has 4 aromatic rings. The molecule has 0 saturated carbocycles. The SMILES string of the molecule is N#Cc1c(NC(=O)c2ccccc2)nc(-c2ccccc2)nc1-c1ccccc1. The number of carbonyl (C=O) groups excluding carboxylic acids is 1. The summed E-state index contributed by atoms with van der Waals surface area (Å²) >= 11 is 0. The fourth-order valence-electron chi connectivity index (χ4n) is 2.95. The van der Waals surface area contributed by atoms with Gasteiger partial charge in [-0.1, -0.05) is 78.9 Å². The van der Waals surface area contributed by atoms with Gasteiger partial charge in [0.15, 0.2) is 11.6 Å². The number of amides is 1. The van der Waals surface area contributed by atoms with Gasteiger partial charge in [-0.15, -0.1) is 0 Å². The maximum absolute atomic E-state index is 12.7. The van der Waals surface area contributed by atoms with Gasteiger partial charge in [0, 0.05) is 16.7 Å². The third kappa shape index (κ3) is 3.87. The quantitative estimate of drug-likeness (QED) is 0.547. The van der Waals surface area contributed by atoms with E-state index in [0.717, 1.165) is 11.1 Å². The molecule has 29 heavy (non-hydrogen) atoms. The predicted octanol–water partition coefficient (Wildman–Crippen LogP) is 4.93. The van der Waals surface area contributed by atoms with Crippen LogP contribution in [0.2, 0.25) is 0 Å². The molecule has 0 spiro atoms. The number of nitriles is 1. The Balaban J connectivity index is 1.87. The molecule has 3 aromatic carbocycles. The molecule has 0 fully saturated rings. The monoisotopic (exact) mass is 376 g/mol. The fourth-order valence-corrected chi connectivity index (χ4v) is 2.95. The number of benzene rings is 3. The van der Waals surface area contributed by atoms with E-state index >= 15 is 0 Å². The van der Waals surface area contributed by atoms with Gasteiger partial charge in [0.1, 0.15) is 11.6 Å². The van der Waals surface area contributed by atoms with Crippen LogP contribution in [0.25, 0.3) is 22.6 Å². The summed E-state index contributed by atoms with van der Waals surface area (Å²) in [5, 5.41) is 12.6. The highest BCUT2D eigenvalue weighted by atomic mass is 16.1. The Labute approximate surface area is 168 Å². The van der Waals surface area contributed by atoms with Gasteiger partial charge in [0.05, 0.1) is 5.69 Å². The van der Waals surface area contributed by atoms with Gasteiger partial charge in [-0.05, 0) is 12.1 Å². The summed E-state index contributed by atoms with van der Waals surface area (Å²) in [6, 6.07) is 29.8. The Morgan fingerprint density at radius 3 is 1.90 bits per heavy atom. The zero-order chi connectivity index (χ0) is 20.1. The number of nitrogens with zero attached hydrogens (tertiary/aromatic N) is 3. The number of aromatic nitrogens is 2.